The lowest BCUT2D eigenvalue weighted by molar-refractivity contribution is -0.144. The van der Waals surface area contributed by atoms with Crippen molar-refractivity contribution in [3.63, 3.8) is 0 Å². The molecule has 6 heteroatoms. The molecule has 0 aromatic heterocycles. The van der Waals surface area contributed by atoms with Crippen LogP contribution in [0, 0.1) is 5.82 Å². The van der Waals surface area contributed by atoms with Gasteiger partial charge in [0, 0.05) is 32.0 Å². The average Bonchev–Trinajstić information content (AvgIpc) is 2.52. The Morgan fingerprint density at radius 3 is 2.92 bits per heavy atom. The first-order chi connectivity index (χ1) is 11.8. The number of carbonyl (C=O) groups is 2. The molecule has 1 aromatic rings. The molecule has 0 radical (unpaired) electrons. The van der Waals surface area contributed by atoms with Gasteiger partial charge in [-0.15, -0.1) is 0 Å². The predicted octanol–water partition coefficient (Wildman–Crippen LogP) is 2.25. The fourth-order valence-corrected chi connectivity index (χ4v) is 3.20. The van der Waals surface area contributed by atoms with E-state index in [1.807, 2.05) is 6.07 Å². The van der Waals surface area contributed by atoms with Crippen molar-refractivity contribution in [3.05, 3.63) is 47.5 Å². The number of halogens is 1. The Labute approximate surface area is 146 Å². The highest BCUT2D eigenvalue weighted by atomic mass is 19.1. The lowest BCUT2D eigenvalue weighted by Crippen LogP contribution is -2.48. The minimum absolute atomic E-state index is 0.0904. The normalized spacial score (nSPS) is 23.0. The maximum absolute atomic E-state index is 13.3. The van der Waals surface area contributed by atoms with Gasteiger partial charge in [0.15, 0.2) is 11.5 Å². The van der Waals surface area contributed by atoms with Gasteiger partial charge in [-0.25, -0.2) is 4.39 Å². The van der Waals surface area contributed by atoms with Crippen LogP contribution in [0.25, 0.3) is 0 Å². The molecule has 134 valence electrons. The highest BCUT2D eigenvalue weighted by Gasteiger charge is 2.35. The summed E-state index contributed by atoms with van der Waals surface area (Å²) >= 11 is 0. The van der Waals surface area contributed by atoms with E-state index >= 15 is 0 Å². The highest BCUT2D eigenvalue weighted by Crippen LogP contribution is 2.26. The number of morpholine rings is 1. The van der Waals surface area contributed by atoms with Crippen molar-refractivity contribution in [2.45, 2.75) is 38.4 Å². The van der Waals surface area contributed by atoms with Gasteiger partial charge in [0.1, 0.15) is 11.4 Å². The Morgan fingerprint density at radius 1 is 1.40 bits per heavy atom. The molecular weight excluding hydrogens is 325 g/mol. The van der Waals surface area contributed by atoms with E-state index in [0.717, 1.165) is 5.56 Å². The van der Waals surface area contributed by atoms with Gasteiger partial charge in [-0.3, -0.25) is 9.59 Å². The van der Waals surface area contributed by atoms with Crippen LogP contribution in [0.4, 0.5) is 4.39 Å². The lowest BCUT2D eigenvalue weighted by Gasteiger charge is -2.36. The van der Waals surface area contributed by atoms with Crippen LogP contribution in [0.15, 0.2) is 36.1 Å². The third kappa shape index (κ3) is 4.45. The van der Waals surface area contributed by atoms with E-state index in [1.54, 1.807) is 24.8 Å². The molecule has 2 aliphatic rings. The molecule has 0 N–H and O–H groups in total. The molecule has 2 aliphatic heterocycles. The zero-order valence-corrected chi connectivity index (χ0v) is 14.5. The first kappa shape index (κ1) is 17.6. The van der Waals surface area contributed by atoms with E-state index in [2.05, 4.69) is 0 Å². The van der Waals surface area contributed by atoms with Crippen LogP contribution >= 0.6 is 0 Å². The van der Waals surface area contributed by atoms with Gasteiger partial charge in [-0.1, -0.05) is 12.1 Å². The number of ketones is 1. The van der Waals surface area contributed by atoms with Gasteiger partial charge in [0.05, 0.1) is 12.7 Å². The molecule has 1 aromatic carbocycles. The van der Waals surface area contributed by atoms with Crippen molar-refractivity contribution in [2.75, 3.05) is 19.7 Å². The second kappa shape index (κ2) is 6.96. The molecule has 25 heavy (non-hydrogen) atoms. The van der Waals surface area contributed by atoms with Crippen molar-refractivity contribution in [1.82, 2.24) is 4.90 Å². The minimum atomic E-state index is -0.677. The number of amides is 1. The van der Waals surface area contributed by atoms with Crippen LogP contribution in [0.5, 0.6) is 0 Å². The lowest BCUT2D eigenvalue weighted by atomic mass is 9.98. The van der Waals surface area contributed by atoms with Gasteiger partial charge in [-0.05, 0) is 31.5 Å². The number of ether oxygens (including phenoxy) is 2. The standard InChI is InChI=1S/C19H22FNO4/c1-19(2)11-15(22)10-17(25-19)18(23)21-6-7-24-16(12-21)9-13-4-3-5-14(20)8-13/h3-5,8,10,16H,6-7,9,11-12H2,1-2H3. The Balaban J connectivity index is 1.66. The van der Waals surface area contributed by atoms with Crippen LogP contribution in [-0.2, 0) is 25.5 Å². The van der Waals surface area contributed by atoms with E-state index in [1.165, 1.54) is 18.2 Å². The number of nitrogens with zero attached hydrogens (tertiary/aromatic N) is 1. The van der Waals surface area contributed by atoms with E-state index in [4.69, 9.17) is 9.47 Å². The summed E-state index contributed by atoms with van der Waals surface area (Å²) in [6.45, 7) is 4.79. The highest BCUT2D eigenvalue weighted by molar-refractivity contribution is 6.01. The van der Waals surface area contributed by atoms with Gasteiger partial charge >= 0.3 is 0 Å². The topological polar surface area (TPSA) is 55.8 Å². The summed E-state index contributed by atoms with van der Waals surface area (Å²) in [5.41, 5.74) is 0.146. The maximum atomic E-state index is 13.3. The number of rotatable bonds is 3. The molecule has 2 heterocycles. The molecule has 3 rings (SSSR count). The average molecular weight is 347 g/mol. The summed E-state index contributed by atoms with van der Waals surface area (Å²) in [5.74, 6) is -0.603. The SMILES string of the molecule is CC1(C)CC(=O)C=C(C(=O)N2CCOC(Cc3cccc(F)c3)C2)O1. The van der Waals surface area contributed by atoms with Gasteiger partial charge in [0.2, 0.25) is 0 Å². The fourth-order valence-electron chi connectivity index (χ4n) is 3.20. The Kier molecular flexibility index (Phi) is 4.90. The number of hydrogen-bond donors (Lipinski definition) is 0. The van der Waals surface area contributed by atoms with Crippen LogP contribution < -0.4 is 0 Å². The molecule has 0 saturated carbocycles. The first-order valence-electron chi connectivity index (χ1n) is 8.41. The van der Waals surface area contributed by atoms with Gasteiger partial charge < -0.3 is 14.4 Å². The summed E-state index contributed by atoms with van der Waals surface area (Å²) in [6.07, 6.45) is 1.85. The minimum Gasteiger partial charge on any atom is -0.481 e. The number of benzene rings is 1. The predicted molar refractivity (Wildman–Crippen MR) is 89.3 cm³/mol. The molecule has 1 atom stereocenters. The quantitative estimate of drug-likeness (QED) is 0.842. The first-order valence-corrected chi connectivity index (χ1v) is 8.41. The zero-order chi connectivity index (χ0) is 18.0. The van der Waals surface area contributed by atoms with E-state index in [-0.39, 0.29) is 35.8 Å². The van der Waals surface area contributed by atoms with Crippen molar-refractivity contribution < 1.29 is 23.5 Å². The fraction of sp³-hybridized carbons (Fsp3) is 0.474. The number of allylic oxidation sites excluding steroid dienone is 1. The number of hydrogen-bond acceptors (Lipinski definition) is 4. The summed E-state index contributed by atoms with van der Waals surface area (Å²) in [5, 5.41) is 0. The summed E-state index contributed by atoms with van der Waals surface area (Å²) in [4.78, 5) is 26.2. The monoisotopic (exact) mass is 347 g/mol. The summed E-state index contributed by atoms with van der Waals surface area (Å²) in [6, 6.07) is 6.36. The third-order valence-electron chi connectivity index (χ3n) is 4.27. The molecule has 5 nitrogen and oxygen atoms in total. The Bertz CT molecular complexity index is 713. The second-order valence-corrected chi connectivity index (χ2v) is 7.09. The summed E-state index contributed by atoms with van der Waals surface area (Å²) in [7, 11) is 0. The van der Waals surface area contributed by atoms with E-state index in [9.17, 15) is 14.0 Å². The smallest absolute Gasteiger partial charge is 0.289 e. The van der Waals surface area contributed by atoms with Crippen LogP contribution in [0.2, 0.25) is 0 Å². The van der Waals surface area contributed by atoms with Crippen molar-refractivity contribution in [3.8, 4) is 0 Å². The van der Waals surface area contributed by atoms with Crippen molar-refractivity contribution in [2.24, 2.45) is 0 Å². The third-order valence-corrected chi connectivity index (χ3v) is 4.27. The molecule has 1 saturated heterocycles. The molecule has 0 bridgehead atoms. The molecule has 1 unspecified atom stereocenters. The van der Waals surface area contributed by atoms with Crippen LogP contribution in [0.3, 0.4) is 0 Å². The van der Waals surface area contributed by atoms with Gasteiger partial charge in [-0.2, -0.15) is 0 Å². The van der Waals surface area contributed by atoms with Crippen molar-refractivity contribution in [1.29, 1.82) is 0 Å². The van der Waals surface area contributed by atoms with Crippen LogP contribution in [0.1, 0.15) is 25.8 Å². The zero-order valence-electron chi connectivity index (χ0n) is 14.5. The van der Waals surface area contributed by atoms with Crippen LogP contribution in [-0.4, -0.2) is 48.0 Å². The maximum Gasteiger partial charge on any atom is 0.289 e. The Morgan fingerprint density at radius 2 is 2.20 bits per heavy atom. The second-order valence-electron chi connectivity index (χ2n) is 7.09. The summed E-state index contributed by atoms with van der Waals surface area (Å²) < 4.78 is 24.7. The molecule has 1 amide bonds. The molecule has 1 fully saturated rings. The molecular formula is C19H22FNO4. The Hall–Kier alpha value is -2.21. The largest absolute Gasteiger partial charge is 0.481 e. The van der Waals surface area contributed by atoms with Gasteiger partial charge in [0.25, 0.3) is 5.91 Å². The van der Waals surface area contributed by atoms with E-state index < -0.39 is 5.60 Å². The molecule has 0 spiro atoms. The molecule has 0 aliphatic carbocycles. The number of carbonyl (C=O) groups excluding carboxylic acids is 2. The van der Waals surface area contributed by atoms with E-state index in [0.29, 0.717) is 26.1 Å². The van der Waals surface area contributed by atoms with Crippen molar-refractivity contribution >= 4 is 11.7 Å².